The minimum atomic E-state index is -4.16. The summed E-state index contributed by atoms with van der Waals surface area (Å²) < 4.78 is 42.8. The summed E-state index contributed by atoms with van der Waals surface area (Å²) in [7, 11) is 0. The van der Waals surface area contributed by atoms with E-state index in [9.17, 15) is 18.0 Å². The summed E-state index contributed by atoms with van der Waals surface area (Å²) >= 11 is 0. The Morgan fingerprint density at radius 1 is 1.00 bits per heavy atom. The molecule has 0 saturated heterocycles. The molecule has 0 aliphatic heterocycles. The van der Waals surface area contributed by atoms with Crippen LogP contribution in [0.3, 0.4) is 0 Å². The molecule has 0 unspecified atom stereocenters. The lowest BCUT2D eigenvalue weighted by Gasteiger charge is -2.27. The van der Waals surface area contributed by atoms with Crippen molar-refractivity contribution in [2.75, 3.05) is 6.54 Å². The summed E-state index contributed by atoms with van der Waals surface area (Å²) in [5, 5.41) is 2.58. The topological polar surface area (TPSA) is 38.3 Å². The Balaban J connectivity index is 3.72. The zero-order chi connectivity index (χ0) is 16.0. The lowest BCUT2D eigenvalue weighted by molar-refractivity contribution is -0.214. The van der Waals surface area contributed by atoms with Crippen LogP contribution in [0.25, 0.3) is 0 Å². The van der Waals surface area contributed by atoms with Crippen molar-refractivity contribution in [1.82, 2.24) is 5.32 Å². The van der Waals surface area contributed by atoms with E-state index in [1.165, 1.54) is 13.8 Å². The van der Waals surface area contributed by atoms with E-state index in [-0.39, 0.29) is 6.42 Å². The van der Waals surface area contributed by atoms with Gasteiger partial charge in [0.05, 0.1) is 5.41 Å². The van der Waals surface area contributed by atoms with Gasteiger partial charge in [0.25, 0.3) is 0 Å². The molecular formula is C14H26F3NO2. The standard InChI is InChI=1S/C14H26F3NO2/c1-12(2,3)20-11(19)18-10-8-6-7-9-13(4,5)14(15,16)17/h6-10H2,1-5H3,(H,18,19). The van der Waals surface area contributed by atoms with Crippen molar-refractivity contribution in [3.05, 3.63) is 0 Å². The predicted octanol–water partition coefficient (Wildman–Crippen LogP) is 4.66. The third kappa shape index (κ3) is 8.27. The summed E-state index contributed by atoms with van der Waals surface area (Å²) in [5.41, 5.74) is -2.19. The van der Waals surface area contributed by atoms with Gasteiger partial charge in [0.15, 0.2) is 0 Å². The molecule has 6 heteroatoms. The minimum absolute atomic E-state index is 0.100. The second-order valence-electron chi connectivity index (χ2n) is 6.62. The molecule has 1 amide bonds. The lowest BCUT2D eigenvalue weighted by Crippen LogP contribution is -2.33. The summed E-state index contributed by atoms with van der Waals surface area (Å²) in [6, 6.07) is 0. The fourth-order valence-electron chi connectivity index (χ4n) is 1.52. The van der Waals surface area contributed by atoms with Gasteiger partial charge in [-0.3, -0.25) is 0 Å². The maximum absolute atomic E-state index is 12.6. The number of rotatable bonds is 6. The highest BCUT2D eigenvalue weighted by molar-refractivity contribution is 5.67. The molecule has 20 heavy (non-hydrogen) atoms. The molecule has 0 radical (unpaired) electrons. The smallest absolute Gasteiger partial charge is 0.407 e. The van der Waals surface area contributed by atoms with Crippen molar-refractivity contribution >= 4 is 6.09 Å². The van der Waals surface area contributed by atoms with Crippen LogP contribution in [-0.4, -0.2) is 24.4 Å². The number of alkyl halides is 3. The fraction of sp³-hybridized carbons (Fsp3) is 0.929. The maximum atomic E-state index is 12.6. The van der Waals surface area contributed by atoms with Crippen molar-refractivity contribution in [1.29, 1.82) is 0 Å². The summed E-state index contributed by atoms with van der Waals surface area (Å²) in [5.74, 6) is 0. The van der Waals surface area contributed by atoms with Gasteiger partial charge in [-0.2, -0.15) is 13.2 Å². The third-order valence-electron chi connectivity index (χ3n) is 2.91. The van der Waals surface area contributed by atoms with Crippen molar-refractivity contribution < 1.29 is 22.7 Å². The van der Waals surface area contributed by atoms with Gasteiger partial charge in [-0.1, -0.05) is 26.7 Å². The molecular weight excluding hydrogens is 271 g/mol. The first-order chi connectivity index (χ1) is 8.85. The number of hydrogen-bond donors (Lipinski definition) is 1. The number of nitrogens with one attached hydrogen (secondary N) is 1. The molecule has 0 spiro atoms. The van der Waals surface area contributed by atoms with E-state index in [0.717, 1.165) is 0 Å². The van der Waals surface area contributed by atoms with Crippen molar-refractivity contribution in [3.63, 3.8) is 0 Å². The van der Waals surface area contributed by atoms with E-state index in [1.54, 1.807) is 20.8 Å². The Kier molecular flexibility index (Phi) is 6.84. The average Bonchev–Trinajstić information content (AvgIpc) is 2.18. The van der Waals surface area contributed by atoms with Crippen LogP contribution < -0.4 is 5.32 Å². The van der Waals surface area contributed by atoms with Crippen molar-refractivity contribution in [2.24, 2.45) is 5.41 Å². The summed E-state index contributed by atoms with van der Waals surface area (Å²) in [6.07, 6.45) is -2.77. The number of halogens is 3. The van der Waals surface area contributed by atoms with Crippen LogP contribution in [0, 0.1) is 5.41 Å². The molecule has 0 atom stereocenters. The normalized spacial score (nSPS) is 13.2. The minimum Gasteiger partial charge on any atom is -0.444 e. The van der Waals surface area contributed by atoms with Gasteiger partial charge in [0, 0.05) is 6.54 Å². The van der Waals surface area contributed by atoms with Gasteiger partial charge < -0.3 is 10.1 Å². The number of carbonyl (C=O) groups excluding carboxylic acids is 1. The van der Waals surface area contributed by atoms with Crippen LogP contribution in [0.4, 0.5) is 18.0 Å². The number of carbonyl (C=O) groups is 1. The van der Waals surface area contributed by atoms with E-state index in [2.05, 4.69) is 5.32 Å². The zero-order valence-corrected chi connectivity index (χ0v) is 13.0. The van der Waals surface area contributed by atoms with Gasteiger partial charge in [-0.05, 0) is 33.6 Å². The molecule has 0 saturated carbocycles. The van der Waals surface area contributed by atoms with Crippen LogP contribution in [0.2, 0.25) is 0 Å². The molecule has 0 bridgehead atoms. The Hall–Kier alpha value is -0.940. The first kappa shape index (κ1) is 19.1. The number of ether oxygens (including phenoxy) is 1. The molecule has 0 fully saturated rings. The largest absolute Gasteiger partial charge is 0.444 e. The molecule has 0 rings (SSSR count). The Morgan fingerprint density at radius 2 is 1.55 bits per heavy atom. The maximum Gasteiger partial charge on any atom is 0.407 e. The first-order valence-electron chi connectivity index (χ1n) is 6.89. The lowest BCUT2D eigenvalue weighted by atomic mass is 9.86. The van der Waals surface area contributed by atoms with Gasteiger partial charge in [-0.15, -0.1) is 0 Å². The molecule has 120 valence electrons. The van der Waals surface area contributed by atoms with Crippen molar-refractivity contribution in [3.8, 4) is 0 Å². The van der Waals surface area contributed by atoms with Gasteiger partial charge in [0.1, 0.15) is 5.60 Å². The predicted molar refractivity (Wildman–Crippen MR) is 72.5 cm³/mol. The first-order valence-corrected chi connectivity index (χ1v) is 6.89. The molecule has 0 aromatic heterocycles. The number of unbranched alkanes of at least 4 members (excludes halogenated alkanes) is 2. The van der Waals surface area contributed by atoms with E-state index < -0.39 is 23.3 Å². The SMILES string of the molecule is CC(C)(C)OC(=O)NCCCCCC(C)(C)C(F)(F)F. The van der Waals surface area contributed by atoms with E-state index >= 15 is 0 Å². The molecule has 3 nitrogen and oxygen atoms in total. The van der Waals surface area contributed by atoms with Crippen LogP contribution in [0.15, 0.2) is 0 Å². The van der Waals surface area contributed by atoms with E-state index in [1.807, 2.05) is 0 Å². The van der Waals surface area contributed by atoms with Crippen molar-refractivity contribution in [2.45, 2.75) is 72.1 Å². The molecule has 0 aliphatic rings. The highest BCUT2D eigenvalue weighted by Gasteiger charge is 2.46. The van der Waals surface area contributed by atoms with E-state index in [4.69, 9.17) is 4.74 Å². The summed E-state index contributed by atoms with van der Waals surface area (Å²) in [4.78, 5) is 11.3. The number of amides is 1. The van der Waals surface area contributed by atoms with Crippen LogP contribution in [0.5, 0.6) is 0 Å². The highest BCUT2D eigenvalue weighted by Crippen LogP contribution is 2.41. The third-order valence-corrected chi connectivity index (χ3v) is 2.91. The zero-order valence-electron chi connectivity index (χ0n) is 13.0. The molecule has 1 N–H and O–H groups in total. The Morgan fingerprint density at radius 3 is 2.00 bits per heavy atom. The van der Waals surface area contributed by atoms with Crippen LogP contribution in [0.1, 0.15) is 60.3 Å². The van der Waals surface area contributed by atoms with Gasteiger partial charge >= 0.3 is 12.3 Å². The highest BCUT2D eigenvalue weighted by atomic mass is 19.4. The van der Waals surface area contributed by atoms with Crippen LogP contribution in [-0.2, 0) is 4.74 Å². The monoisotopic (exact) mass is 297 g/mol. The number of alkyl carbamates (subject to hydrolysis) is 1. The Bertz CT molecular complexity index is 307. The average molecular weight is 297 g/mol. The molecule has 0 aromatic rings. The second-order valence-corrected chi connectivity index (χ2v) is 6.62. The van der Waals surface area contributed by atoms with Crippen LogP contribution >= 0.6 is 0 Å². The van der Waals surface area contributed by atoms with Gasteiger partial charge in [-0.25, -0.2) is 4.79 Å². The molecule has 0 aromatic carbocycles. The molecule has 0 aliphatic carbocycles. The van der Waals surface area contributed by atoms with Gasteiger partial charge in [0.2, 0.25) is 0 Å². The molecule has 0 heterocycles. The van der Waals surface area contributed by atoms with E-state index in [0.29, 0.717) is 25.8 Å². The number of hydrogen-bond acceptors (Lipinski definition) is 2. The Labute approximate surface area is 119 Å². The summed E-state index contributed by atoms with van der Waals surface area (Å²) in [6.45, 7) is 8.16. The quantitative estimate of drug-likeness (QED) is 0.724. The second kappa shape index (κ2) is 7.18. The fourth-order valence-corrected chi connectivity index (χ4v) is 1.52.